The molecule has 0 spiro atoms. The van der Waals surface area contributed by atoms with Crippen molar-refractivity contribution in [1.82, 2.24) is 15.5 Å². The summed E-state index contributed by atoms with van der Waals surface area (Å²) in [7, 11) is 1.74. The number of nitrogens with zero attached hydrogens (tertiary/aromatic N) is 1. The Morgan fingerprint density at radius 2 is 1.68 bits per heavy atom. The van der Waals surface area contributed by atoms with Gasteiger partial charge in [-0.1, -0.05) is 63.4 Å². The van der Waals surface area contributed by atoms with Gasteiger partial charge in [-0.25, -0.2) is 0 Å². The molecule has 0 unspecified atom stereocenters. The quantitative estimate of drug-likeness (QED) is 0.412. The van der Waals surface area contributed by atoms with Gasteiger partial charge in [0.15, 0.2) is 0 Å². The predicted octanol–water partition coefficient (Wildman–Crippen LogP) is 5.14. The van der Waals surface area contributed by atoms with Crippen LogP contribution in [-0.2, 0) is 14.4 Å². The largest absolute Gasteiger partial charge is 0.343 e. The van der Waals surface area contributed by atoms with Crippen LogP contribution in [0, 0.1) is 5.92 Å². The Labute approximate surface area is 230 Å². The van der Waals surface area contributed by atoms with E-state index < -0.39 is 18.1 Å². The summed E-state index contributed by atoms with van der Waals surface area (Å²) >= 11 is 1.60. The van der Waals surface area contributed by atoms with E-state index in [1.165, 1.54) is 4.88 Å². The highest BCUT2D eigenvalue weighted by Gasteiger charge is 2.41. The first-order chi connectivity index (χ1) is 18.3. The van der Waals surface area contributed by atoms with Gasteiger partial charge >= 0.3 is 0 Å². The van der Waals surface area contributed by atoms with E-state index in [0.29, 0.717) is 18.9 Å². The maximum absolute atomic E-state index is 14.0. The van der Waals surface area contributed by atoms with Crippen molar-refractivity contribution in [3.05, 3.63) is 41.3 Å². The number of likely N-dealkylation sites (tertiary alicyclic amines) is 1. The zero-order valence-corrected chi connectivity index (χ0v) is 23.9. The molecule has 4 rings (SSSR count). The first kappa shape index (κ1) is 28.3. The van der Waals surface area contributed by atoms with Crippen LogP contribution >= 0.6 is 11.3 Å². The van der Waals surface area contributed by atoms with E-state index >= 15 is 0 Å². The number of anilines is 1. The fourth-order valence-electron chi connectivity index (χ4n) is 5.55. The molecule has 206 valence electrons. The highest BCUT2D eigenvalue weighted by Crippen LogP contribution is 2.40. The standard InChI is InChI=1S/C30H42N4O3S/c1-19(2)25-18-23(21-12-7-5-8-13-21)29(38-25)33-28(36)24-16-11-17-34(24)30(37)26(22-14-9-6-10-15-22)32-27(35)20(3)31-4/h5,7-8,12-13,18-20,22,24,26,31H,6,9-11,14-17H2,1-4H3,(H,32,35)(H,33,36)/t20-,24-,26-/m0/s1. The summed E-state index contributed by atoms with van der Waals surface area (Å²) in [4.78, 5) is 43.4. The zero-order chi connectivity index (χ0) is 27.2. The Morgan fingerprint density at radius 1 is 0.974 bits per heavy atom. The average Bonchev–Trinajstić information content (AvgIpc) is 3.60. The summed E-state index contributed by atoms with van der Waals surface area (Å²) in [5.41, 5.74) is 2.07. The normalized spacial score (nSPS) is 19.8. The van der Waals surface area contributed by atoms with Gasteiger partial charge in [0.2, 0.25) is 17.7 Å². The lowest BCUT2D eigenvalue weighted by molar-refractivity contribution is -0.142. The molecule has 1 saturated heterocycles. The molecule has 3 N–H and O–H groups in total. The molecule has 7 nitrogen and oxygen atoms in total. The molecule has 8 heteroatoms. The van der Waals surface area contributed by atoms with Crippen LogP contribution in [0.3, 0.4) is 0 Å². The van der Waals surface area contributed by atoms with Crippen LogP contribution in [0.5, 0.6) is 0 Å². The topological polar surface area (TPSA) is 90.5 Å². The molecule has 3 amide bonds. The molecule has 2 heterocycles. The van der Waals surface area contributed by atoms with Gasteiger partial charge in [-0.15, -0.1) is 11.3 Å². The SMILES string of the molecule is CN[C@@H](C)C(=O)N[C@H](C(=O)N1CCC[C@H]1C(=O)Nc1sc(C(C)C)cc1-c1ccccc1)C1CCCCC1. The van der Waals surface area contributed by atoms with Gasteiger partial charge in [0, 0.05) is 17.0 Å². The van der Waals surface area contributed by atoms with E-state index in [4.69, 9.17) is 0 Å². The Hall–Kier alpha value is -2.71. The molecule has 1 aromatic carbocycles. The number of likely N-dealkylation sites (N-methyl/N-ethyl adjacent to an activating group) is 1. The van der Waals surface area contributed by atoms with Crippen molar-refractivity contribution in [1.29, 1.82) is 0 Å². The van der Waals surface area contributed by atoms with E-state index in [-0.39, 0.29) is 23.6 Å². The lowest BCUT2D eigenvalue weighted by atomic mass is 9.83. The Bertz CT molecular complexity index is 1110. The van der Waals surface area contributed by atoms with Crippen LogP contribution in [0.15, 0.2) is 36.4 Å². The molecule has 1 aromatic heterocycles. The number of benzene rings is 1. The van der Waals surface area contributed by atoms with Crippen LogP contribution in [-0.4, -0.2) is 54.3 Å². The van der Waals surface area contributed by atoms with Crippen molar-refractivity contribution >= 4 is 34.1 Å². The molecule has 1 aliphatic carbocycles. The lowest BCUT2D eigenvalue weighted by Gasteiger charge is -2.35. The first-order valence-corrected chi connectivity index (χ1v) is 14.9. The van der Waals surface area contributed by atoms with Crippen molar-refractivity contribution in [2.75, 3.05) is 18.9 Å². The van der Waals surface area contributed by atoms with Gasteiger partial charge in [0.1, 0.15) is 17.1 Å². The van der Waals surface area contributed by atoms with E-state index in [1.807, 2.05) is 18.2 Å². The van der Waals surface area contributed by atoms with Gasteiger partial charge in [-0.2, -0.15) is 0 Å². The second-order valence-corrected chi connectivity index (χ2v) is 12.1. The zero-order valence-electron chi connectivity index (χ0n) is 23.1. The molecular weight excluding hydrogens is 496 g/mol. The number of carbonyl (C=O) groups is 3. The van der Waals surface area contributed by atoms with Gasteiger partial charge in [0.05, 0.1) is 6.04 Å². The molecule has 0 bridgehead atoms. The lowest BCUT2D eigenvalue weighted by Crippen LogP contribution is -2.57. The van der Waals surface area contributed by atoms with E-state index in [1.54, 1.807) is 30.2 Å². The predicted molar refractivity (Wildman–Crippen MR) is 154 cm³/mol. The maximum Gasteiger partial charge on any atom is 0.247 e. The summed E-state index contributed by atoms with van der Waals surface area (Å²) in [6.45, 7) is 6.63. The summed E-state index contributed by atoms with van der Waals surface area (Å²) in [6, 6.07) is 10.7. The molecule has 0 radical (unpaired) electrons. The van der Waals surface area contributed by atoms with Crippen LogP contribution < -0.4 is 16.0 Å². The third-order valence-electron chi connectivity index (χ3n) is 7.99. The molecule has 2 aromatic rings. The monoisotopic (exact) mass is 538 g/mol. The molecule has 1 saturated carbocycles. The molecular formula is C30H42N4O3S. The number of nitrogens with one attached hydrogen (secondary N) is 3. The third kappa shape index (κ3) is 6.46. The van der Waals surface area contributed by atoms with Crippen molar-refractivity contribution in [2.45, 2.75) is 89.8 Å². The second-order valence-electron chi connectivity index (χ2n) is 11.0. The number of thiophene rings is 1. The number of hydrogen-bond acceptors (Lipinski definition) is 5. The van der Waals surface area contributed by atoms with Gasteiger partial charge in [0.25, 0.3) is 0 Å². The molecule has 2 fully saturated rings. The Kier molecular flexibility index (Phi) is 9.60. The summed E-state index contributed by atoms with van der Waals surface area (Å²) in [5, 5.41) is 10.0. The molecule has 3 atom stereocenters. The minimum Gasteiger partial charge on any atom is -0.343 e. The van der Waals surface area contributed by atoms with Gasteiger partial charge in [-0.3, -0.25) is 14.4 Å². The van der Waals surface area contributed by atoms with Crippen molar-refractivity contribution in [3.8, 4) is 11.1 Å². The second kappa shape index (κ2) is 12.9. The van der Waals surface area contributed by atoms with E-state index in [9.17, 15) is 14.4 Å². The minimum absolute atomic E-state index is 0.101. The van der Waals surface area contributed by atoms with E-state index in [0.717, 1.165) is 54.7 Å². The smallest absolute Gasteiger partial charge is 0.247 e. The Balaban J connectivity index is 1.55. The molecule has 1 aliphatic heterocycles. The van der Waals surface area contributed by atoms with Crippen molar-refractivity contribution < 1.29 is 14.4 Å². The number of amides is 3. The molecule has 2 aliphatic rings. The Morgan fingerprint density at radius 3 is 2.34 bits per heavy atom. The van der Waals surface area contributed by atoms with E-state index in [2.05, 4.69) is 48.0 Å². The van der Waals surface area contributed by atoms with Crippen LogP contribution in [0.4, 0.5) is 5.00 Å². The minimum atomic E-state index is -0.596. The van der Waals surface area contributed by atoms with Crippen molar-refractivity contribution in [2.24, 2.45) is 5.92 Å². The first-order valence-electron chi connectivity index (χ1n) is 14.1. The van der Waals surface area contributed by atoms with Crippen LogP contribution in [0.1, 0.15) is 76.5 Å². The summed E-state index contributed by atoms with van der Waals surface area (Å²) in [6.07, 6.45) is 6.53. The number of carbonyl (C=O) groups excluding carboxylic acids is 3. The maximum atomic E-state index is 14.0. The van der Waals surface area contributed by atoms with Crippen LogP contribution in [0.2, 0.25) is 0 Å². The fourth-order valence-corrected chi connectivity index (χ4v) is 6.64. The average molecular weight is 539 g/mol. The third-order valence-corrected chi connectivity index (χ3v) is 9.34. The van der Waals surface area contributed by atoms with Crippen molar-refractivity contribution in [3.63, 3.8) is 0 Å². The summed E-state index contributed by atoms with van der Waals surface area (Å²) in [5.74, 6) is -0.00311. The van der Waals surface area contributed by atoms with Gasteiger partial charge in [-0.05, 0) is 63.1 Å². The molecule has 38 heavy (non-hydrogen) atoms. The highest BCUT2D eigenvalue weighted by atomic mass is 32.1. The fraction of sp³-hybridized carbons (Fsp3) is 0.567. The number of rotatable bonds is 9. The van der Waals surface area contributed by atoms with Crippen LogP contribution in [0.25, 0.3) is 11.1 Å². The summed E-state index contributed by atoms with van der Waals surface area (Å²) < 4.78 is 0. The number of hydrogen-bond donors (Lipinski definition) is 3. The highest BCUT2D eigenvalue weighted by molar-refractivity contribution is 7.17. The van der Waals surface area contributed by atoms with Gasteiger partial charge < -0.3 is 20.9 Å².